The number of nitrogens with zero attached hydrogens (tertiary/aromatic N) is 3. The minimum atomic E-state index is -4.17. The number of hydrogen-bond acceptors (Lipinski definition) is 5. The Bertz CT molecular complexity index is 1300. The highest BCUT2D eigenvalue weighted by Crippen LogP contribution is 2.27. The summed E-state index contributed by atoms with van der Waals surface area (Å²) in [6.45, 7) is 3.42. The summed E-state index contributed by atoms with van der Waals surface area (Å²) in [6, 6.07) is 12.7. The molecule has 0 N–H and O–H groups in total. The standard InChI is InChI=1S/C21H22ClN3O5S/c1-5-30-21(27)17-13-16(11-12-18(17)22)31(28,29)24(4)19-14(2)23(3)25(20(19)26)15-9-7-6-8-10-15/h6-13H,5H2,1-4H3. The molecular formula is C21H22ClN3O5S. The van der Waals surface area contributed by atoms with Gasteiger partial charge in [0.05, 0.1) is 33.5 Å². The van der Waals surface area contributed by atoms with Crippen molar-refractivity contribution in [3.8, 4) is 5.69 Å². The van der Waals surface area contributed by atoms with Crippen LogP contribution in [0.15, 0.2) is 58.2 Å². The van der Waals surface area contributed by atoms with Crippen molar-refractivity contribution >= 4 is 33.3 Å². The van der Waals surface area contributed by atoms with E-state index < -0.39 is 21.6 Å². The normalized spacial score (nSPS) is 11.4. The molecule has 0 aliphatic carbocycles. The Kier molecular flexibility index (Phi) is 6.28. The predicted molar refractivity (Wildman–Crippen MR) is 119 cm³/mol. The molecule has 164 valence electrons. The molecule has 3 aromatic rings. The first kappa shape index (κ1) is 22.6. The zero-order valence-corrected chi connectivity index (χ0v) is 19.1. The van der Waals surface area contributed by atoms with Gasteiger partial charge in [-0.3, -0.25) is 13.8 Å². The Morgan fingerprint density at radius 3 is 2.42 bits per heavy atom. The third kappa shape index (κ3) is 3.98. The van der Waals surface area contributed by atoms with Crippen LogP contribution in [0.2, 0.25) is 5.02 Å². The first-order chi connectivity index (χ1) is 14.6. The highest BCUT2D eigenvalue weighted by Gasteiger charge is 2.29. The molecule has 0 unspecified atom stereocenters. The number of aromatic nitrogens is 2. The highest BCUT2D eigenvalue weighted by molar-refractivity contribution is 7.92. The second-order valence-electron chi connectivity index (χ2n) is 6.74. The number of carbonyl (C=O) groups excluding carboxylic acids is 1. The van der Waals surface area contributed by atoms with Crippen molar-refractivity contribution in [2.45, 2.75) is 18.7 Å². The van der Waals surface area contributed by atoms with Gasteiger partial charge in [0.1, 0.15) is 5.69 Å². The summed E-state index contributed by atoms with van der Waals surface area (Å²) in [5, 5.41) is 0.0716. The lowest BCUT2D eigenvalue weighted by Crippen LogP contribution is -2.32. The lowest BCUT2D eigenvalue weighted by atomic mass is 10.2. The zero-order chi connectivity index (χ0) is 22.9. The average molecular weight is 464 g/mol. The number of rotatable bonds is 6. The van der Waals surface area contributed by atoms with Gasteiger partial charge in [-0.1, -0.05) is 29.8 Å². The highest BCUT2D eigenvalue weighted by atomic mass is 35.5. The minimum Gasteiger partial charge on any atom is -0.462 e. The van der Waals surface area contributed by atoms with Crippen LogP contribution < -0.4 is 9.86 Å². The average Bonchev–Trinajstić information content (AvgIpc) is 2.96. The maximum absolute atomic E-state index is 13.3. The van der Waals surface area contributed by atoms with Crippen LogP contribution >= 0.6 is 11.6 Å². The Labute approximate surface area is 185 Å². The monoisotopic (exact) mass is 463 g/mol. The Hall–Kier alpha value is -3.04. The molecule has 0 aliphatic heterocycles. The van der Waals surface area contributed by atoms with Gasteiger partial charge >= 0.3 is 5.97 Å². The van der Waals surface area contributed by atoms with Gasteiger partial charge in [-0.15, -0.1) is 0 Å². The van der Waals surface area contributed by atoms with Crippen molar-refractivity contribution in [2.75, 3.05) is 18.0 Å². The smallest absolute Gasteiger partial charge is 0.339 e. The van der Waals surface area contributed by atoms with E-state index in [1.165, 1.54) is 23.9 Å². The molecule has 8 nitrogen and oxygen atoms in total. The first-order valence-corrected chi connectivity index (χ1v) is 11.2. The van der Waals surface area contributed by atoms with E-state index in [1.54, 1.807) is 49.8 Å². The van der Waals surface area contributed by atoms with Gasteiger partial charge in [0.2, 0.25) is 0 Å². The van der Waals surface area contributed by atoms with Crippen LogP contribution in [0, 0.1) is 6.92 Å². The third-order valence-corrected chi connectivity index (χ3v) is 7.01. The van der Waals surface area contributed by atoms with E-state index in [2.05, 4.69) is 0 Å². The van der Waals surface area contributed by atoms with Crippen molar-refractivity contribution in [3.05, 3.63) is 75.2 Å². The molecule has 2 aromatic carbocycles. The quantitative estimate of drug-likeness (QED) is 0.524. The number of hydrogen-bond donors (Lipinski definition) is 0. The number of halogens is 1. The van der Waals surface area contributed by atoms with E-state index in [4.69, 9.17) is 16.3 Å². The molecule has 0 saturated carbocycles. The SMILES string of the molecule is CCOC(=O)c1cc(S(=O)(=O)N(C)c2c(C)n(C)n(-c3ccccc3)c2=O)ccc1Cl. The van der Waals surface area contributed by atoms with Crippen LogP contribution in [0.5, 0.6) is 0 Å². The van der Waals surface area contributed by atoms with E-state index in [1.807, 2.05) is 6.07 Å². The molecule has 0 saturated heterocycles. The Morgan fingerprint density at radius 1 is 1.16 bits per heavy atom. The molecule has 0 spiro atoms. The van der Waals surface area contributed by atoms with Gasteiger partial charge in [0, 0.05) is 14.1 Å². The maximum Gasteiger partial charge on any atom is 0.339 e. The van der Waals surface area contributed by atoms with E-state index in [-0.39, 0.29) is 27.8 Å². The van der Waals surface area contributed by atoms with E-state index in [0.29, 0.717) is 11.4 Å². The van der Waals surface area contributed by atoms with Crippen LogP contribution in [0.3, 0.4) is 0 Å². The predicted octanol–water partition coefficient (Wildman–Crippen LogP) is 3.14. The number of sulfonamides is 1. The largest absolute Gasteiger partial charge is 0.462 e. The molecule has 1 aromatic heterocycles. The molecule has 10 heteroatoms. The van der Waals surface area contributed by atoms with Crippen LogP contribution in [0.25, 0.3) is 5.69 Å². The topological polar surface area (TPSA) is 90.6 Å². The van der Waals surface area contributed by atoms with Gasteiger partial charge in [0.15, 0.2) is 0 Å². The Balaban J connectivity index is 2.12. The number of ether oxygens (including phenoxy) is 1. The second kappa shape index (κ2) is 8.60. The number of benzene rings is 2. The summed E-state index contributed by atoms with van der Waals surface area (Å²) in [6.07, 6.45) is 0. The molecule has 0 radical (unpaired) electrons. The fourth-order valence-corrected chi connectivity index (χ4v) is 4.69. The zero-order valence-electron chi connectivity index (χ0n) is 17.5. The number of carbonyl (C=O) groups is 1. The van der Waals surface area contributed by atoms with E-state index in [9.17, 15) is 18.0 Å². The molecule has 0 bridgehead atoms. The van der Waals surface area contributed by atoms with Gasteiger partial charge in [-0.25, -0.2) is 17.9 Å². The molecule has 0 fully saturated rings. The maximum atomic E-state index is 13.3. The molecule has 3 rings (SSSR count). The summed E-state index contributed by atoms with van der Waals surface area (Å²) in [5.41, 5.74) is 0.506. The van der Waals surface area contributed by atoms with Crippen molar-refractivity contribution in [2.24, 2.45) is 7.05 Å². The lowest BCUT2D eigenvalue weighted by molar-refractivity contribution is 0.0526. The molecule has 1 heterocycles. The van der Waals surface area contributed by atoms with Crippen molar-refractivity contribution in [3.63, 3.8) is 0 Å². The van der Waals surface area contributed by atoms with Crippen molar-refractivity contribution < 1.29 is 17.9 Å². The molecule has 31 heavy (non-hydrogen) atoms. The van der Waals surface area contributed by atoms with E-state index in [0.717, 1.165) is 10.4 Å². The summed E-state index contributed by atoms with van der Waals surface area (Å²) in [7, 11) is -1.20. The fourth-order valence-electron chi connectivity index (χ4n) is 3.23. The summed E-state index contributed by atoms with van der Waals surface area (Å²) >= 11 is 6.05. The number of para-hydroxylation sites is 1. The fraction of sp³-hybridized carbons (Fsp3) is 0.238. The number of anilines is 1. The van der Waals surface area contributed by atoms with Gasteiger partial charge in [0.25, 0.3) is 15.6 Å². The third-order valence-electron chi connectivity index (χ3n) is 4.93. The van der Waals surface area contributed by atoms with E-state index >= 15 is 0 Å². The summed E-state index contributed by atoms with van der Waals surface area (Å²) < 4.78 is 35.5. The molecule has 0 amide bonds. The van der Waals surface area contributed by atoms with Gasteiger partial charge < -0.3 is 4.74 Å². The van der Waals surface area contributed by atoms with Gasteiger partial charge in [-0.05, 0) is 44.2 Å². The van der Waals surface area contributed by atoms with Gasteiger partial charge in [-0.2, -0.15) is 0 Å². The minimum absolute atomic E-state index is 0.000937. The van der Waals surface area contributed by atoms with Crippen molar-refractivity contribution in [1.82, 2.24) is 9.36 Å². The van der Waals surface area contributed by atoms with Crippen LogP contribution in [-0.2, 0) is 21.8 Å². The van der Waals surface area contributed by atoms with Crippen LogP contribution in [0.1, 0.15) is 23.0 Å². The van der Waals surface area contributed by atoms with Crippen LogP contribution in [-0.4, -0.2) is 37.4 Å². The second-order valence-corrected chi connectivity index (χ2v) is 9.12. The van der Waals surface area contributed by atoms with Crippen molar-refractivity contribution in [1.29, 1.82) is 0 Å². The lowest BCUT2D eigenvalue weighted by Gasteiger charge is -2.18. The molecular weight excluding hydrogens is 442 g/mol. The molecule has 0 atom stereocenters. The number of esters is 1. The Morgan fingerprint density at radius 2 is 1.81 bits per heavy atom. The first-order valence-electron chi connectivity index (χ1n) is 9.40. The molecule has 0 aliphatic rings. The van der Waals surface area contributed by atoms with Crippen LogP contribution in [0.4, 0.5) is 5.69 Å². The summed E-state index contributed by atoms with van der Waals surface area (Å²) in [5.74, 6) is -0.727. The summed E-state index contributed by atoms with van der Waals surface area (Å²) in [4.78, 5) is 25.1.